The molecule has 0 aromatic heterocycles. The maximum absolute atomic E-state index is 5.87. The first kappa shape index (κ1) is 10.2. The van der Waals surface area contributed by atoms with Gasteiger partial charge in [0, 0.05) is 11.6 Å². The first-order chi connectivity index (χ1) is 7.88. The summed E-state index contributed by atoms with van der Waals surface area (Å²) in [5, 5.41) is 3.41. The SMILES string of the molecule is CNC1CCCOc2cc3c(cc21)CCC3. The molecule has 0 radical (unpaired) electrons. The van der Waals surface area contributed by atoms with Crippen LogP contribution in [-0.2, 0) is 12.8 Å². The van der Waals surface area contributed by atoms with Gasteiger partial charge in [-0.2, -0.15) is 0 Å². The van der Waals surface area contributed by atoms with E-state index in [1.807, 2.05) is 7.05 Å². The third-order valence-corrected chi connectivity index (χ3v) is 3.84. The smallest absolute Gasteiger partial charge is 0.124 e. The van der Waals surface area contributed by atoms with Crippen molar-refractivity contribution >= 4 is 0 Å². The number of fused-ring (bicyclic) bond motifs is 2. The Balaban J connectivity index is 2.06. The van der Waals surface area contributed by atoms with Crippen molar-refractivity contribution in [2.45, 2.75) is 38.1 Å². The zero-order chi connectivity index (χ0) is 11.0. The summed E-state index contributed by atoms with van der Waals surface area (Å²) in [7, 11) is 2.05. The highest BCUT2D eigenvalue weighted by atomic mass is 16.5. The van der Waals surface area contributed by atoms with Crippen molar-refractivity contribution in [2.75, 3.05) is 13.7 Å². The van der Waals surface area contributed by atoms with Crippen LogP contribution in [0.1, 0.15) is 42.0 Å². The van der Waals surface area contributed by atoms with Crippen molar-refractivity contribution in [1.29, 1.82) is 0 Å². The van der Waals surface area contributed by atoms with Crippen LogP contribution >= 0.6 is 0 Å². The number of hydrogen-bond donors (Lipinski definition) is 1. The average Bonchev–Trinajstić information content (AvgIpc) is 2.66. The molecule has 1 atom stereocenters. The fraction of sp³-hybridized carbons (Fsp3) is 0.571. The van der Waals surface area contributed by atoms with Gasteiger partial charge in [-0.05, 0) is 56.3 Å². The fourth-order valence-corrected chi connectivity index (χ4v) is 2.94. The molecule has 16 heavy (non-hydrogen) atoms. The summed E-state index contributed by atoms with van der Waals surface area (Å²) in [5.74, 6) is 1.12. The van der Waals surface area contributed by atoms with Crippen molar-refractivity contribution in [3.8, 4) is 5.75 Å². The molecule has 1 aliphatic carbocycles. The van der Waals surface area contributed by atoms with Gasteiger partial charge in [-0.1, -0.05) is 6.07 Å². The van der Waals surface area contributed by atoms with Crippen LogP contribution in [0.2, 0.25) is 0 Å². The molecule has 1 unspecified atom stereocenters. The molecule has 0 fully saturated rings. The van der Waals surface area contributed by atoms with Crippen LogP contribution in [0.3, 0.4) is 0 Å². The standard InChI is InChI=1S/C14H19NO/c1-15-13-6-3-7-16-14-9-11-5-2-4-10(11)8-12(13)14/h8-9,13,15H,2-7H2,1H3. The topological polar surface area (TPSA) is 21.3 Å². The lowest BCUT2D eigenvalue weighted by Crippen LogP contribution is -2.15. The second-order valence-corrected chi connectivity index (χ2v) is 4.84. The van der Waals surface area contributed by atoms with Gasteiger partial charge in [-0.25, -0.2) is 0 Å². The molecule has 86 valence electrons. The second kappa shape index (κ2) is 4.10. The molecule has 0 spiro atoms. The van der Waals surface area contributed by atoms with Crippen LogP contribution in [0, 0.1) is 0 Å². The first-order valence-corrected chi connectivity index (χ1v) is 6.34. The van der Waals surface area contributed by atoms with Gasteiger partial charge in [0.1, 0.15) is 5.75 Å². The van der Waals surface area contributed by atoms with Gasteiger partial charge in [0.25, 0.3) is 0 Å². The van der Waals surface area contributed by atoms with E-state index in [-0.39, 0.29) is 0 Å². The van der Waals surface area contributed by atoms with E-state index < -0.39 is 0 Å². The average molecular weight is 217 g/mol. The highest BCUT2D eigenvalue weighted by Gasteiger charge is 2.22. The maximum atomic E-state index is 5.87. The zero-order valence-corrected chi connectivity index (χ0v) is 9.88. The minimum atomic E-state index is 0.475. The summed E-state index contributed by atoms with van der Waals surface area (Å²) >= 11 is 0. The van der Waals surface area contributed by atoms with Crippen LogP contribution in [-0.4, -0.2) is 13.7 Å². The molecule has 2 nitrogen and oxygen atoms in total. The summed E-state index contributed by atoms with van der Waals surface area (Å²) in [5.41, 5.74) is 4.43. The van der Waals surface area contributed by atoms with E-state index >= 15 is 0 Å². The second-order valence-electron chi connectivity index (χ2n) is 4.84. The van der Waals surface area contributed by atoms with E-state index in [0.717, 1.165) is 18.8 Å². The zero-order valence-electron chi connectivity index (χ0n) is 9.88. The molecule has 2 aliphatic rings. The molecular formula is C14H19NO. The summed E-state index contributed by atoms with van der Waals surface area (Å²) in [6, 6.07) is 5.14. The summed E-state index contributed by atoms with van der Waals surface area (Å²) in [6.07, 6.45) is 6.12. The Morgan fingerprint density at radius 2 is 2.00 bits per heavy atom. The van der Waals surface area contributed by atoms with Gasteiger partial charge in [-0.3, -0.25) is 0 Å². The number of benzene rings is 1. The van der Waals surface area contributed by atoms with Crippen molar-refractivity contribution in [3.63, 3.8) is 0 Å². The van der Waals surface area contributed by atoms with Crippen LogP contribution in [0.5, 0.6) is 5.75 Å². The molecule has 1 aromatic carbocycles. The van der Waals surface area contributed by atoms with Gasteiger partial charge in [0.05, 0.1) is 6.61 Å². The third kappa shape index (κ3) is 1.61. The predicted molar refractivity (Wildman–Crippen MR) is 65.0 cm³/mol. The van der Waals surface area contributed by atoms with Gasteiger partial charge >= 0.3 is 0 Å². The maximum Gasteiger partial charge on any atom is 0.124 e. The highest BCUT2D eigenvalue weighted by molar-refractivity contribution is 5.46. The molecule has 1 heterocycles. The lowest BCUT2D eigenvalue weighted by atomic mass is 9.98. The van der Waals surface area contributed by atoms with E-state index in [1.54, 1.807) is 5.56 Å². The molecule has 3 rings (SSSR count). The van der Waals surface area contributed by atoms with Crippen LogP contribution in [0.4, 0.5) is 0 Å². The highest BCUT2D eigenvalue weighted by Crippen LogP contribution is 2.36. The molecule has 1 N–H and O–H groups in total. The van der Waals surface area contributed by atoms with Gasteiger partial charge in [0.15, 0.2) is 0 Å². The minimum absolute atomic E-state index is 0.475. The normalized spacial score (nSPS) is 23.2. The van der Waals surface area contributed by atoms with Crippen molar-refractivity contribution in [2.24, 2.45) is 0 Å². The van der Waals surface area contributed by atoms with Crippen molar-refractivity contribution < 1.29 is 4.74 Å². The Labute approximate surface area is 97.0 Å². The van der Waals surface area contributed by atoms with Gasteiger partial charge in [-0.15, -0.1) is 0 Å². The number of nitrogens with one attached hydrogen (secondary N) is 1. The van der Waals surface area contributed by atoms with E-state index in [2.05, 4.69) is 17.4 Å². The Bertz CT molecular complexity index is 400. The molecule has 0 amide bonds. The van der Waals surface area contributed by atoms with E-state index in [4.69, 9.17) is 4.74 Å². The first-order valence-electron chi connectivity index (χ1n) is 6.34. The minimum Gasteiger partial charge on any atom is -0.493 e. The molecule has 0 saturated carbocycles. The quantitative estimate of drug-likeness (QED) is 0.780. The molecule has 2 heteroatoms. The molecule has 0 saturated heterocycles. The Morgan fingerprint density at radius 3 is 2.81 bits per heavy atom. The van der Waals surface area contributed by atoms with E-state index in [9.17, 15) is 0 Å². The Morgan fingerprint density at radius 1 is 1.19 bits per heavy atom. The molecule has 0 bridgehead atoms. The van der Waals surface area contributed by atoms with E-state index in [1.165, 1.54) is 36.8 Å². The fourth-order valence-electron chi connectivity index (χ4n) is 2.94. The van der Waals surface area contributed by atoms with Crippen LogP contribution < -0.4 is 10.1 Å². The largest absolute Gasteiger partial charge is 0.493 e. The molecule has 1 aliphatic heterocycles. The predicted octanol–water partition coefficient (Wildman–Crippen LogP) is 2.61. The lowest BCUT2D eigenvalue weighted by Gasteiger charge is -2.17. The van der Waals surface area contributed by atoms with Crippen LogP contribution in [0.15, 0.2) is 12.1 Å². The summed E-state index contributed by atoms with van der Waals surface area (Å²) in [6.45, 7) is 0.865. The number of rotatable bonds is 1. The third-order valence-electron chi connectivity index (χ3n) is 3.84. The number of aryl methyl sites for hydroxylation is 2. The van der Waals surface area contributed by atoms with Crippen molar-refractivity contribution in [3.05, 3.63) is 28.8 Å². The van der Waals surface area contributed by atoms with Crippen LogP contribution in [0.25, 0.3) is 0 Å². The number of ether oxygens (including phenoxy) is 1. The number of hydrogen-bond acceptors (Lipinski definition) is 2. The van der Waals surface area contributed by atoms with Crippen molar-refractivity contribution in [1.82, 2.24) is 5.32 Å². The molecular weight excluding hydrogens is 198 g/mol. The Hall–Kier alpha value is -1.02. The lowest BCUT2D eigenvalue weighted by molar-refractivity contribution is 0.315. The summed E-state index contributed by atoms with van der Waals surface area (Å²) < 4.78 is 5.87. The van der Waals surface area contributed by atoms with E-state index in [0.29, 0.717) is 6.04 Å². The van der Waals surface area contributed by atoms with Gasteiger partial charge < -0.3 is 10.1 Å². The monoisotopic (exact) mass is 217 g/mol. The molecule has 1 aromatic rings. The summed E-state index contributed by atoms with van der Waals surface area (Å²) in [4.78, 5) is 0. The van der Waals surface area contributed by atoms with Gasteiger partial charge in [0.2, 0.25) is 0 Å². The Kier molecular flexibility index (Phi) is 2.60.